The van der Waals surface area contributed by atoms with E-state index < -0.39 is 6.23 Å². The molecule has 1 aliphatic heterocycles. The number of fused-ring (bicyclic) bond motifs is 1. The Bertz CT molecular complexity index is 349. The van der Waals surface area contributed by atoms with Crippen LogP contribution in [-0.4, -0.2) is 22.5 Å². The molecule has 13 heavy (non-hydrogen) atoms. The number of aliphatic hydroxyl groups excluding tert-OH is 1. The average molecular weight is 177 g/mol. The number of hydrogen-bond acceptors (Lipinski definition) is 2. The summed E-state index contributed by atoms with van der Waals surface area (Å²) in [4.78, 5) is 13.1. The predicted octanol–water partition coefficient (Wildman–Crippen LogP) is 1.15. The zero-order valence-electron chi connectivity index (χ0n) is 7.40. The van der Waals surface area contributed by atoms with E-state index in [-0.39, 0.29) is 5.91 Å². The Labute approximate surface area is 76.6 Å². The van der Waals surface area contributed by atoms with E-state index in [1.165, 1.54) is 4.90 Å². The van der Waals surface area contributed by atoms with Crippen LogP contribution in [0.4, 0.5) is 0 Å². The number of benzene rings is 1. The normalized spacial score (nSPS) is 20.6. The molecule has 0 fully saturated rings. The van der Waals surface area contributed by atoms with Crippen LogP contribution < -0.4 is 0 Å². The molecule has 68 valence electrons. The summed E-state index contributed by atoms with van der Waals surface area (Å²) >= 11 is 0. The van der Waals surface area contributed by atoms with Crippen molar-refractivity contribution in [2.45, 2.75) is 13.2 Å². The van der Waals surface area contributed by atoms with Crippen LogP contribution in [0.1, 0.15) is 29.1 Å². The van der Waals surface area contributed by atoms with E-state index >= 15 is 0 Å². The van der Waals surface area contributed by atoms with Gasteiger partial charge in [-0.2, -0.15) is 0 Å². The van der Waals surface area contributed by atoms with Gasteiger partial charge in [0, 0.05) is 17.7 Å². The Hall–Kier alpha value is -1.35. The lowest BCUT2D eigenvalue weighted by atomic mass is 10.1. The van der Waals surface area contributed by atoms with Gasteiger partial charge in [0.1, 0.15) is 0 Å². The van der Waals surface area contributed by atoms with E-state index in [1.54, 1.807) is 12.1 Å². The Kier molecular flexibility index (Phi) is 1.81. The zero-order valence-corrected chi connectivity index (χ0v) is 7.40. The van der Waals surface area contributed by atoms with Crippen molar-refractivity contribution in [3.63, 3.8) is 0 Å². The summed E-state index contributed by atoms with van der Waals surface area (Å²) in [6.07, 6.45) is -0.756. The maximum Gasteiger partial charge on any atom is 0.256 e. The van der Waals surface area contributed by atoms with Crippen molar-refractivity contribution in [3.05, 3.63) is 35.4 Å². The smallest absolute Gasteiger partial charge is 0.256 e. The molecule has 2 rings (SSSR count). The molecule has 1 aliphatic rings. The van der Waals surface area contributed by atoms with Crippen LogP contribution in [0.25, 0.3) is 0 Å². The first kappa shape index (κ1) is 8.26. The molecule has 1 aromatic carbocycles. The minimum Gasteiger partial charge on any atom is -0.369 e. The van der Waals surface area contributed by atoms with E-state index in [0.29, 0.717) is 17.7 Å². The fourth-order valence-electron chi connectivity index (χ4n) is 1.67. The number of carbonyl (C=O) groups is 1. The molecule has 1 atom stereocenters. The van der Waals surface area contributed by atoms with Gasteiger partial charge in [0.25, 0.3) is 5.91 Å². The highest BCUT2D eigenvalue weighted by Crippen LogP contribution is 2.30. The molecule has 1 N–H and O–H groups in total. The van der Waals surface area contributed by atoms with Gasteiger partial charge in [0.15, 0.2) is 6.23 Å². The molecule has 3 nitrogen and oxygen atoms in total. The molecular formula is C10H11NO2. The maximum absolute atomic E-state index is 11.6. The monoisotopic (exact) mass is 177 g/mol. The molecule has 0 radical (unpaired) electrons. The molecule has 0 spiro atoms. The van der Waals surface area contributed by atoms with Crippen LogP contribution in [0.3, 0.4) is 0 Å². The number of nitrogens with zero attached hydrogens (tertiary/aromatic N) is 1. The van der Waals surface area contributed by atoms with Crippen molar-refractivity contribution in [2.24, 2.45) is 0 Å². The first-order chi connectivity index (χ1) is 6.25. The van der Waals surface area contributed by atoms with Crippen LogP contribution in [0.15, 0.2) is 24.3 Å². The summed E-state index contributed by atoms with van der Waals surface area (Å²) < 4.78 is 0. The lowest BCUT2D eigenvalue weighted by molar-refractivity contribution is 0.0203. The third-order valence-corrected chi connectivity index (χ3v) is 2.37. The highest BCUT2D eigenvalue weighted by molar-refractivity contribution is 5.98. The van der Waals surface area contributed by atoms with E-state index in [0.717, 1.165) is 0 Å². The molecule has 0 bridgehead atoms. The third kappa shape index (κ3) is 1.04. The van der Waals surface area contributed by atoms with Gasteiger partial charge in [-0.3, -0.25) is 4.79 Å². The fourth-order valence-corrected chi connectivity index (χ4v) is 1.67. The lowest BCUT2D eigenvalue weighted by Crippen LogP contribution is -2.27. The van der Waals surface area contributed by atoms with Gasteiger partial charge < -0.3 is 10.0 Å². The molecule has 1 heterocycles. The Morgan fingerprint density at radius 3 is 2.77 bits per heavy atom. The molecule has 1 unspecified atom stereocenters. The highest BCUT2D eigenvalue weighted by Gasteiger charge is 2.33. The average Bonchev–Trinajstić information content (AvgIpc) is 2.41. The van der Waals surface area contributed by atoms with Crippen LogP contribution >= 0.6 is 0 Å². The summed E-state index contributed by atoms with van der Waals surface area (Å²) in [7, 11) is 0. The van der Waals surface area contributed by atoms with Crippen LogP contribution in [0.5, 0.6) is 0 Å². The molecule has 3 heteroatoms. The standard InChI is InChI=1S/C10H11NO2/c1-2-11-9(12)7-5-3-4-6-8(7)10(11)13/h3-6,9,12H,2H2,1H3. The molecule has 1 amide bonds. The zero-order chi connectivity index (χ0) is 9.42. The highest BCUT2D eigenvalue weighted by atomic mass is 16.3. The van der Waals surface area contributed by atoms with Crippen molar-refractivity contribution < 1.29 is 9.90 Å². The first-order valence-corrected chi connectivity index (χ1v) is 4.33. The van der Waals surface area contributed by atoms with Crippen LogP contribution in [0, 0.1) is 0 Å². The van der Waals surface area contributed by atoms with Crippen molar-refractivity contribution >= 4 is 5.91 Å². The minimum atomic E-state index is -0.756. The summed E-state index contributed by atoms with van der Waals surface area (Å²) in [6, 6.07) is 7.17. The van der Waals surface area contributed by atoms with Crippen molar-refractivity contribution in [2.75, 3.05) is 6.54 Å². The Morgan fingerprint density at radius 1 is 1.46 bits per heavy atom. The van der Waals surface area contributed by atoms with Gasteiger partial charge in [-0.25, -0.2) is 0 Å². The number of carbonyl (C=O) groups excluding carboxylic acids is 1. The van der Waals surface area contributed by atoms with Gasteiger partial charge in [0.05, 0.1) is 0 Å². The number of hydrogen-bond donors (Lipinski definition) is 1. The van der Waals surface area contributed by atoms with E-state index in [2.05, 4.69) is 0 Å². The van der Waals surface area contributed by atoms with E-state index in [9.17, 15) is 9.90 Å². The summed E-state index contributed by atoms with van der Waals surface area (Å²) in [5, 5.41) is 9.72. The van der Waals surface area contributed by atoms with Crippen molar-refractivity contribution in [1.29, 1.82) is 0 Å². The molecule has 0 aromatic heterocycles. The third-order valence-electron chi connectivity index (χ3n) is 2.37. The fraction of sp³-hybridized carbons (Fsp3) is 0.300. The second-order valence-electron chi connectivity index (χ2n) is 3.05. The first-order valence-electron chi connectivity index (χ1n) is 4.33. The summed E-state index contributed by atoms with van der Waals surface area (Å²) in [5.41, 5.74) is 1.34. The quantitative estimate of drug-likeness (QED) is 0.699. The second kappa shape index (κ2) is 2.85. The largest absolute Gasteiger partial charge is 0.369 e. The van der Waals surface area contributed by atoms with Gasteiger partial charge in [-0.05, 0) is 13.0 Å². The van der Waals surface area contributed by atoms with Crippen molar-refractivity contribution in [3.8, 4) is 0 Å². The van der Waals surface area contributed by atoms with E-state index in [1.807, 2.05) is 19.1 Å². The number of amides is 1. The van der Waals surface area contributed by atoms with Gasteiger partial charge >= 0.3 is 0 Å². The van der Waals surface area contributed by atoms with Crippen LogP contribution in [0.2, 0.25) is 0 Å². The molecule has 0 saturated heterocycles. The SMILES string of the molecule is CCN1C(=O)c2ccccc2C1O. The van der Waals surface area contributed by atoms with Gasteiger partial charge in [-0.1, -0.05) is 18.2 Å². The molecule has 0 saturated carbocycles. The summed E-state index contributed by atoms with van der Waals surface area (Å²) in [5.74, 6) is -0.0781. The maximum atomic E-state index is 11.6. The Balaban J connectivity index is 2.50. The topological polar surface area (TPSA) is 40.5 Å². The van der Waals surface area contributed by atoms with Gasteiger partial charge in [-0.15, -0.1) is 0 Å². The van der Waals surface area contributed by atoms with E-state index in [4.69, 9.17) is 0 Å². The second-order valence-corrected chi connectivity index (χ2v) is 3.05. The van der Waals surface area contributed by atoms with Gasteiger partial charge in [0.2, 0.25) is 0 Å². The molecule has 1 aromatic rings. The minimum absolute atomic E-state index is 0.0781. The number of aliphatic hydroxyl groups is 1. The van der Waals surface area contributed by atoms with Crippen LogP contribution in [-0.2, 0) is 0 Å². The number of rotatable bonds is 1. The molecule has 0 aliphatic carbocycles. The van der Waals surface area contributed by atoms with Crippen molar-refractivity contribution in [1.82, 2.24) is 4.90 Å². The summed E-state index contributed by atoms with van der Waals surface area (Å²) in [6.45, 7) is 2.39. The molecular weight excluding hydrogens is 166 g/mol. The lowest BCUT2D eigenvalue weighted by Gasteiger charge is -2.17. The Morgan fingerprint density at radius 2 is 2.15 bits per heavy atom. The predicted molar refractivity (Wildman–Crippen MR) is 48.1 cm³/mol.